The Morgan fingerprint density at radius 1 is 1.10 bits per heavy atom. The van der Waals surface area contributed by atoms with Gasteiger partial charge in [0.1, 0.15) is 17.3 Å². The number of benzene rings is 2. The van der Waals surface area contributed by atoms with E-state index in [1.807, 2.05) is 30.3 Å². The van der Waals surface area contributed by atoms with Gasteiger partial charge in [-0.2, -0.15) is 0 Å². The van der Waals surface area contributed by atoms with Crippen LogP contribution in [0.25, 0.3) is 10.9 Å². The number of aliphatic hydroxyl groups is 1. The van der Waals surface area contributed by atoms with Gasteiger partial charge in [0.05, 0.1) is 11.6 Å². The number of ether oxygens (including phenoxy) is 1. The van der Waals surface area contributed by atoms with Crippen LogP contribution in [0.15, 0.2) is 54.7 Å². The average molecular weight is 283 g/mol. The number of rotatable bonds is 3. The van der Waals surface area contributed by atoms with Crippen molar-refractivity contribution in [2.24, 2.45) is 0 Å². The number of nitrogens with zero attached hydrogens (tertiary/aromatic N) is 1. The first-order valence-electron chi connectivity index (χ1n) is 6.64. The van der Waals surface area contributed by atoms with Gasteiger partial charge < -0.3 is 9.84 Å². The molecule has 0 fully saturated rings. The Morgan fingerprint density at radius 3 is 2.76 bits per heavy atom. The lowest BCUT2D eigenvalue weighted by Crippen LogP contribution is -1.97. The summed E-state index contributed by atoms with van der Waals surface area (Å²) in [6.45, 7) is 1.58. The van der Waals surface area contributed by atoms with Crippen LogP contribution in [0.4, 0.5) is 4.39 Å². The second kappa shape index (κ2) is 5.50. The third kappa shape index (κ3) is 2.71. The van der Waals surface area contributed by atoms with E-state index < -0.39 is 11.9 Å². The van der Waals surface area contributed by atoms with Crippen LogP contribution >= 0.6 is 0 Å². The van der Waals surface area contributed by atoms with Crippen molar-refractivity contribution in [3.8, 4) is 11.5 Å². The maximum atomic E-state index is 13.3. The summed E-state index contributed by atoms with van der Waals surface area (Å²) in [4.78, 5) is 4.27. The highest BCUT2D eigenvalue weighted by molar-refractivity contribution is 5.85. The summed E-state index contributed by atoms with van der Waals surface area (Å²) in [6, 6.07) is 13.4. The molecule has 3 rings (SSSR count). The minimum absolute atomic E-state index is 0.405. The molecule has 4 heteroatoms. The molecule has 0 saturated carbocycles. The van der Waals surface area contributed by atoms with E-state index in [0.717, 1.165) is 10.9 Å². The molecule has 2 aromatic carbocycles. The topological polar surface area (TPSA) is 42.4 Å². The maximum Gasteiger partial charge on any atom is 0.136 e. The molecule has 0 aliphatic carbocycles. The fraction of sp³-hybridized carbons (Fsp3) is 0.118. The highest BCUT2D eigenvalue weighted by atomic mass is 19.1. The normalized spacial score (nSPS) is 12.3. The molecule has 0 bridgehead atoms. The third-order valence-electron chi connectivity index (χ3n) is 3.25. The zero-order chi connectivity index (χ0) is 14.8. The molecule has 1 unspecified atom stereocenters. The molecule has 0 spiro atoms. The Bertz CT molecular complexity index is 781. The van der Waals surface area contributed by atoms with Gasteiger partial charge in [-0.3, -0.25) is 4.98 Å². The summed E-state index contributed by atoms with van der Waals surface area (Å²) in [5.74, 6) is 0.648. The predicted molar refractivity (Wildman–Crippen MR) is 78.9 cm³/mol. The molecule has 1 heterocycles. The molecular weight excluding hydrogens is 269 g/mol. The van der Waals surface area contributed by atoms with Crippen molar-refractivity contribution in [2.45, 2.75) is 13.0 Å². The van der Waals surface area contributed by atoms with E-state index in [4.69, 9.17) is 4.74 Å². The van der Waals surface area contributed by atoms with Gasteiger partial charge in [-0.15, -0.1) is 0 Å². The molecular formula is C17H14FNO2. The van der Waals surface area contributed by atoms with Crippen LogP contribution in [-0.4, -0.2) is 10.1 Å². The third-order valence-corrected chi connectivity index (χ3v) is 3.25. The number of aromatic nitrogens is 1. The molecule has 1 N–H and O–H groups in total. The maximum absolute atomic E-state index is 13.3. The molecule has 1 atom stereocenters. The number of hydrogen-bond acceptors (Lipinski definition) is 3. The van der Waals surface area contributed by atoms with E-state index in [0.29, 0.717) is 17.1 Å². The van der Waals surface area contributed by atoms with Crippen molar-refractivity contribution in [1.82, 2.24) is 4.98 Å². The first-order chi connectivity index (χ1) is 10.1. The minimum Gasteiger partial charge on any atom is -0.456 e. The van der Waals surface area contributed by atoms with Gasteiger partial charge in [0.25, 0.3) is 0 Å². The highest BCUT2D eigenvalue weighted by Crippen LogP contribution is 2.33. The molecule has 106 valence electrons. The lowest BCUT2D eigenvalue weighted by molar-refractivity contribution is 0.195. The van der Waals surface area contributed by atoms with Crippen LogP contribution in [0.5, 0.6) is 11.5 Å². The Kier molecular flexibility index (Phi) is 3.54. The lowest BCUT2D eigenvalue weighted by Gasteiger charge is -2.14. The molecule has 1 aromatic heterocycles. The molecule has 0 aliphatic heterocycles. The average Bonchev–Trinajstić information content (AvgIpc) is 2.49. The second-order valence-electron chi connectivity index (χ2n) is 4.79. The van der Waals surface area contributed by atoms with Gasteiger partial charge >= 0.3 is 0 Å². The largest absolute Gasteiger partial charge is 0.456 e. The van der Waals surface area contributed by atoms with E-state index in [2.05, 4.69) is 4.98 Å². The lowest BCUT2D eigenvalue weighted by atomic mass is 10.1. The molecule has 0 aliphatic rings. The fourth-order valence-electron chi connectivity index (χ4n) is 2.22. The van der Waals surface area contributed by atoms with E-state index in [1.165, 1.54) is 18.2 Å². The van der Waals surface area contributed by atoms with E-state index in [1.54, 1.807) is 13.1 Å². The van der Waals surface area contributed by atoms with Crippen LogP contribution in [-0.2, 0) is 0 Å². The van der Waals surface area contributed by atoms with E-state index in [9.17, 15) is 9.50 Å². The van der Waals surface area contributed by atoms with Gasteiger partial charge in [-0.1, -0.05) is 6.07 Å². The number of pyridine rings is 1. The van der Waals surface area contributed by atoms with Crippen LogP contribution in [0.1, 0.15) is 18.6 Å². The summed E-state index contributed by atoms with van der Waals surface area (Å²) in [6.07, 6.45) is 0.898. The van der Waals surface area contributed by atoms with Crippen LogP contribution in [0.2, 0.25) is 0 Å². The van der Waals surface area contributed by atoms with Crippen molar-refractivity contribution < 1.29 is 14.2 Å². The molecule has 0 saturated heterocycles. The summed E-state index contributed by atoms with van der Waals surface area (Å²) < 4.78 is 19.2. The number of halogens is 1. The minimum atomic E-state index is -0.816. The van der Waals surface area contributed by atoms with Crippen LogP contribution < -0.4 is 4.74 Å². The van der Waals surface area contributed by atoms with Crippen molar-refractivity contribution in [2.75, 3.05) is 0 Å². The number of hydrogen-bond donors (Lipinski definition) is 1. The smallest absolute Gasteiger partial charge is 0.136 e. The molecule has 3 aromatic rings. The van der Waals surface area contributed by atoms with Gasteiger partial charge in [0.2, 0.25) is 0 Å². The van der Waals surface area contributed by atoms with Crippen LogP contribution in [0.3, 0.4) is 0 Å². The number of fused-ring (bicyclic) bond motifs is 1. The van der Waals surface area contributed by atoms with Crippen molar-refractivity contribution in [3.63, 3.8) is 0 Å². The standard InChI is InChI=1S/C17H14FNO2/c1-11(20)14-10-12(18)7-8-17(14)21-16-6-2-5-15-13(16)4-3-9-19-15/h2-11,20H,1H3. The Morgan fingerprint density at radius 2 is 1.95 bits per heavy atom. The van der Waals surface area contributed by atoms with E-state index in [-0.39, 0.29) is 0 Å². The molecule has 21 heavy (non-hydrogen) atoms. The SMILES string of the molecule is CC(O)c1cc(F)ccc1Oc1cccc2ncccc12. The van der Waals surface area contributed by atoms with Crippen molar-refractivity contribution in [3.05, 3.63) is 66.1 Å². The van der Waals surface area contributed by atoms with E-state index >= 15 is 0 Å². The van der Waals surface area contributed by atoms with Gasteiger partial charge in [0.15, 0.2) is 0 Å². The van der Waals surface area contributed by atoms with Gasteiger partial charge in [-0.05, 0) is 49.4 Å². The summed E-state index contributed by atoms with van der Waals surface area (Å²) in [5, 5.41) is 10.6. The fourth-order valence-corrected chi connectivity index (χ4v) is 2.22. The predicted octanol–water partition coefficient (Wildman–Crippen LogP) is 4.22. The quantitative estimate of drug-likeness (QED) is 0.782. The van der Waals surface area contributed by atoms with Crippen molar-refractivity contribution in [1.29, 1.82) is 0 Å². The summed E-state index contributed by atoms with van der Waals surface area (Å²) in [5.41, 5.74) is 1.23. The Hall–Kier alpha value is -2.46. The van der Waals surface area contributed by atoms with Gasteiger partial charge in [-0.25, -0.2) is 4.39 Å². The first kappa shape index (κ1) is 13.5. The monoisotopic (exact) mass is 283 g/mol. The first-order valence-corrected chi connectivity index (χ1v) is 6.64. The zero-order valence-electron chi connectivity index (χ0n) is 11.5. The molecule has 3 nitrogen and oxygen atoms in total. The second-order valence-corrected chi connectivity index (χ2v) is 4.79. The Labute approximate surface area is 121 Å². The van der Waals surface area contributed by atoms with Gasteiger partial charge in [0, 0.05) is 17.1 Å². The molecule has 0 amide bonds. The number of aliphatic hydroxyl groups excluding tert-OH is 1. The van der Waals surface area contributed by atoms with Crippen LogP contribution in [0, 0.1) is 5.82 Å². The zero-order valence-corrected chi connectivity index (χ0v) is 11.5. The Balaban J connectivity index is 2.07. The summed E-state index contributed by atoms with van der Waals surface area (Å²) in [7, 11) is 0. The summed E-state index contributed by atoms with van der Waals surface area (Å²) >= 11 is 0. The van der Waals surface area contributed by atoms with Crippen molar-refractivity contribution >= 4 is 10.9 Å². The molecule has 0 radical (unpaired) electrons. The highest BCUT2D eigenvalue weighted by Gasteiger charge is 2.12.